The molecule has 2 nitrogen and oxygen atoms in total. The fraction of sp³-hybridized carbons (Fsp3) is 0.267. The molecule has 98 valence electrons. The van der Waals surface area contributed by atoms with E-state index in [4.69, 9.17) is 16.6 Å². The number of fused-ring (bicyclic) bond motifs is 1. The van der Waals surface area contributed by atoms with Crippen molar-refractivity contribution < 1.29 is 0 Å². The molecule has 0 aliphatic heterocycles. The number of benzene rings is 1. The van der Waals surface area contributed by atoms with Gasteiger partial charge < -0.3 is 4.57 Å². The molecule has 0 saturated carbocycles. The van der Waals surface area contributed by atoms with E-state index in [1.807, 2.05) is 0 Å². The van der Waals surface area contributed by atoms with Gasteiger partial charge in [-0.15, -0.1) is 11.6 Å². The first-order chi connectivity index (χ1) is 9.22. The Labute approximate surface area is 121 Å². The second-order valence-electron chi connectivity index (χ2n) is 4.71. The zero-order valence-electron chi connectivity index (χ0n) is 10.9. The number of para-hydroxylation sites is 1. The van der Waals surface area contributed by atoms with Crippen LogP contribution in [0.25, 0.3) is 11.0 Å². The molecular weight excluding hydrogens is 276 g/mol. The van der Waals surface area contributed by atoms with Crippen molar-refractivity contribution in [2.45, 2.75) is 25.8 Å². The van der Waals surface area contributed by atoms with Gasteiger partial charge in [-0.05, 0) is 47.9 Å². The Morgan fingerprint density at radius 2 is 2.21 bits per heavy atom. The SMILES string of the molecule is Cc1cccc2c1nc(CCl)n2C(C)c1ccsc1. The van der Waals surface area contributed by atoms with E-state index in [0.29, 0.717) is 5.88 Å². The van der Waals surface area contributed by atoms with Gasteiger partial charge in [-0.1, -0.05) is 12.1 Å². The van der Waals surface area contributed by atoms with Gasteiger partial charge in [0.25, 0.3) is 0 Å². The molecule has 2 heterocycles. The summed E-state index contributed by atoms with van der Waals surface area (Å²) in [7, 11) is 0. The van der Waals surface area contributed by atoms with E-state index in [2.05, 4.69) is 53.4 Å². The van der Waals surface area contributed by atoms with Crippen LogP contribution in [0.2, 0.25) is 0 Å². The molecule has 0 bridgehead atoms. The number of aromatic nitrogens is 2. The molecule has 0 saturated heterocycles. The summed E-state index contributed by atoms with van der Waals surface area (Å²) in [6.45, 7) is 4.29. The molecule has 0 spiro atoms. The highest BCUT2D eigenvalue weighted by Gasteiger charge is 2.17. The average molecular weight is 291 g/mol. The molecule has 4 heteroatoms. The molecule has 1 unspecified atom stereocenters. The van der Waals surface area contributed by atoms with Crippen molar-refractivity contribution in [1.29, 1.82) is 0 Å². The smallest absolute Gasteiger partial charge is 0.125 e. The highest BCUT2D eigenvalue weighted by Crippen LogP contribution is 2.29. The van der Waals surface area contributed by atoms with Crippen LogP contribution in [0.3, 0.4) is 0 Å². The topological polar surface area (TPSA) is 17.8 Å². The van der Waals surface area contributed by atoms with E-state index in [-0.39, 0.29) is 6.04 Å². The Kier molecular flexibility index (Phi) is 3.33. The number of halogens is 1. The fourth-order valence-electron chi connectivity index (χ4n) is 2.49. The maximum Gasteiger partial charge on any atom is 0.125 e. The van der Waals surface area contributed by atoms with Gasteiger partial charge in [-0.25, -0.2) is 4.98 Å². The van der Waals surface area contributed by atoms with Crippen molar-refractivity contribution in [2.75, 3.05) is 0 Å². The van der Waals surface area contributed by atoms with Crippen molar-refractivity contribution in [2.24, 2.45) is 0 Å². The molecule has 0 fully saturated rings. The molecule has 0 aliphatic rings. The summed E-state index contributed by atoms with van der Waals surface area (Å²) in [4.78, 5) is 4.70. The third-order valence-electron chi connectivity index (χ3n) is 3.53. The van der Waals surface area contributed by atoms with Crippen molar-refractivity contribution >= 4 is 34.0 Å². The highest BCUT2D eigenvalue weighted by atomic mass is 35.5. The van der Waals surface area contributed by atoms with E-state index in [1.165, 1.54) is 11.1 Å². The van der Waals surface area contributed by atoms with Crippen molar-refractivity contribution in [3.63, 3.8) is 0 Å². The summed E-state index contributed by atoms with van der Waals surface area (Å²) in [5, 5.41) is 4.29. The molecule has 1 aromatic carbocycles. The maximum absolute atomic E-state index is 6.08. The van der Waals surface area contributed by atoms with Crippen LogP contribution < -0.4 is 0 Å². The predicted molar refractivity (Wildman–Crippen MR) is 82.2 cm³/mol. The molecule has 19 heavy (non-hydrogen) atoms. The van der Waals surface area contributed by atoms with Crippen LogP contribution in [0.4, 0.5) is 0 Å². The third kappa shape index (κ3) is 2.07. The summed E-state index contributed by atoms with van der Waals surface area (Å²) >= 11 is 7.80. The van der Waals surface area contributed by atoms with E-state index >= 15 is 0 Å². The van der Waals surface area contributed by atoms with E-state index in [0.717, 1.165) is 16.9 Å². The third-order valence-corrected chi connectivity index (χ3v) is 4.47. The Hall–Kier alpha value is -1.32. The highest BCUT2D eigenvalue weighted by molar-refractivity contribution is 7.07. The van der Waals surface area contributed by atoms with Crippen molar-refractivity contribution in [3.8, 4) is 0 Å². The lowest BCUT2D eigenvalue weighted by molar-refractivity contribution is 0.636. The van der Waals surface area contributed by atoms with Crippen LogP contribution >= 0.6 is 22.9 Å². The van der Waals surface area contributed by atoms with Gasteiger partial charge in [0, 0.05) is 0 Å². The molecule has 0 aliphatic carbocycles. The first-order valence-electron chi connectivity index (χ1n) is 6.27. The normalized spacial score (nSPS) is 13.0. The van der Waals surface area contributed by atoms with Gasteiger partial charge in [-0.2, -0.15) is 11.3 Å². The van der Waals surface area contributed by atoms with Crippen LogP contribution in [-0.4, -0.2) is 9.55 Å². The number of aryl methyl sites for hydroxylation is 1. The molecule has 0 radical (unpaired) electrons. The van der Waals surface area contributed by atoms with Gasteiger partial charge in [0.15, 0.2) is 0 Å². The molecule has 2 aromatic heterocycles. The van der Waals surface area contributed by atoms with Crippen molar-refractivity contribution in [1.82, 2.24) is 9.55 Å². The molecular formula is C15H15ClN2S. The molecule has 3 aromatic rings. The first-order valence-corrected chi connectivity index (χ1v) is 7.74. The first kappa shape index (κ1) is 12.7. The Morgan fingerprint density at radius 1 is 1.37 bits per heavy atom. The zero-order valence-corrected chi connectivity index (χ0v) is 12.5. The lowest BCUT2D eigenvalue weighted by atomic mass is 10.1. The summed E-state index contributed by atoms with van der Waals surface area (Å²) in [5.41, 5.74) is 4.71. The quantitative estimate of drug-likeness (QED) is 0.636. The number of hydrogen-bond acceptors (Lipinski definition) is 2. The van der Waals surface area contributed by atoms with Gasteiger partial charge in [0.05, 0.1) is 23.0 Å². The lowest BCUT2D eigenvalue weighted by Gasteiger charge is -2.16. The van der Waals surface area contributed by atoms with Crippen LogP contribution in [0, 0.1) is 6.92 Å². The molecule has 3 rings (SSSR count). The number of alkyl halides is 1. The van der Waals surface area contributed by atoms with Gasteiger partial charge >= 0.3 is 0 Å². The van der Waals surface area contributed by atoms with E-state index in [1.54, 1.807) is 11.3 Å². The average Bonchev–Trinajstić information content (AvgIpc) is 3.05. The number of nitrogens with zero attached hydrogens (tertiary/aromatic N) is 2. The predicted octanol–water partition coefficient (Wildman–Crippen LogP) is 4.75. The second kappa shape index (κ2) is 4.99. The van der Waals surface area contributed by atoms with Crippen LogP contribution in [0.5, 0.6) is 0 Å². The minimum atomic E-state index is 0.256. The zero-order chi connectivity index (χ0) is 13.4. The second-order valence-corrected chi connectivity index (χ2v) is 5.75. The van der Waals surface area contributed by atoms with Crippen LogP contribution in [-0.2, 0) is 5.88 Å². The number of rotatable bonds is 3. The fourth-order valence-corrected chi connectivity index (χ4v) is 3.43. The minimum absolute atomic E-state index is 0.256. The molecule has 0 amide bonds. The lowest BCUT2D eigenvalue weighted by Crippen LogP contribution is -2.09. The number of imidazole rings is 1. The van der Waals surface area contributed by atoms with Gasteiger partial charge in [0.2, 0.25) is 0 Å². The van der Waals surface area contributed by atoms with Crippen LogP contribution in [0.15, 0.2) is 35.0 Å². The Morgan fingerprint density at radius 3 is 2.89 bits per heavy atom. The summed E-state index contributed by atoms with van der Waals surface area (Å²) in [6, 6.07) is 8.71. The molecule has 0 N–H and O–H groups in total. The standard InChI is InChI=1S/C15H15ClN2S/c1-10-4-3-5-13-15(10)17-14(8-16)18(13)11(2)12-6-7-19-9-12/h3-7,9,11H,8H2,1-2H3. The Bertz CT molecular complexity index is 700. The van der Waals surface area contributed by atoms with Gasteiger partial charge in [-0.3, -0.25) is 0 Å². The number of thiophene rings is 1. The monoisotopic (exact) mass is 290 g/mol. The minimum Gasteiger partial charge on any atom is -0.320 e. The van der Waals surface area contributed by atoms with E-state index in [9.17, 15) is 0 Å². The number of hydrogen-bond donors (Lipinski definition) is 0. The maximum atomic E-state index is 6.08. The molecule has 1 atom stereocenters. The van der Waals surface area contributed by atoms with Gasteiger partial charge in [0.1, 0.15) is 5.82 Å². The Balaban J connectivity index is 2.24. The van der Waals surface area contributed by atoms with Crippen LogP contribution in [0.1, 0.15) is 29.9 Å². The summed E-state index contributed by atoms with van der Waals surface area (Å²) in [6.07, 6.45) is 0. The summed E-state index contributed by atoms with van der Waals surface area (Å²) < 4.78 is 2.25. The largest absolute Gasteiger partial charge is 0.320 e. The summed E-state index contributed by atoms with van der Waals surface area (Å²) in [5.74, 6) is 1.37. The van der Waals surface area contributed by atoms with E-state index < -0.39 is 0 Å². The van der Waals surface area contributed by atoms with Crippen molar-refractivity contribution in [3.05, 3.63) is 52.0 Å².